The Labute approximate surface area is 105 Å². The van der Waals surface area contributed by atoms with Crippen molar-refractivity contribution in [3.05, 3.63) is 29.3 Å². The second-order valence-corrected chi connectivity index (χ2v) is 6.14. The number of aliphatic hydroxyl groups excluding tert-OH is 1. The molecule has 0 bridgehead atoms. The van der Waals surface area contributed by atoms with Crippen LogP contribution in [-0.2, 0) is 10.0 Å². The molecule has 1 aromatic rings. The zero-order chi connectivity index (χ0) is 13.1. The summed E-state index contributed by atoms with van der Waals surface area (Å²) in [6.07, 6.45) is 0. The van der Waals surface area contributed by atoms with E-state index < -0.39 is 22.2 Å². The van der Waals surface area contributed by atoms with Gasteiger partial charge in [0.15, 0.2) is 0 Å². The molecule has 1 rings (SSSR count). The normalized spacial score (nSPS) is 15.5. The van der Waals surface area contributed by atoms with Crippen molar-refractivity contribution in [3.63, 3.8) is 0 Å². The van der Waals surface area contributed by atoms with E-state index in [1.807, 2.05) is 0 Å². The van der Waals surface area contributed by atoms with Gasteiger partial charge in [-0.2, -0.15) is 0 Å². The second kappa shape index (κ2) is 5.32. The summed E-state index contributed by atoms with van der Waals surface area (Å²) in [7, 11) is -3.70. The summed E-state index contributed by atoms with van der Waals surface area (Å²) < 4.78 is 25.7. The fourth-order valence-corrected chi connectivity index (χ4v) is 2.29. The van der Waals surface area contributed by atoms with Crippen molar-refractivity contribution < 1.29 is 18.6 Å². The van der Waals surface area contributed by atoms with E-state index in [-0.39, 0.29) is 11.4 Å². The number of hydrogen-bond acceptors (Lipinski definition) is 4. The van der Waals surface area contributed by atoms with Gasteiger partial charge in [0, 0.05) is 11.6 Å². The Bertz CT molecular complexity index is 470. The van der Waals surface area contributed by atoms with Gasteiger partial charge in [-0.25, -0.2) is 13.1 Å². The van der Waals surface area contributed by atoms with Crippen LogP contribution in [0, 0.1) is 0 Å². The zero-order valence-electron chi connectivity index (χ0n) is 9.22. The minimum Gasteiger partial charge on any atom is -0.393 e. The Morgan fingerprint density at radius 3 is 2.35 bits per heavy atom. The maximum Gasteiger partial charge on any atom is 0.240 e. The number of hydrogen-bond donors (Lipinski definition) is 3. The molecule has 0 radical (unpaired) electrons. The van der Waals surface area contributed by atoms with Crippen molar-refractivity contribution in [2.75, 3.05) is 13.2 Å². The summed E-state index contributed by atoms with van der Waals surface area (Å²) in [5, 5.41) is 18.7. The first-order valence-corrected chi connectivity index (χ1v) is 6.71. The van der Waals surface area contributed by atoms with E-state index in [1.54, 1.807) is 0 Å². The summed E-state index contributed by atoms with van der Waals surface area (Å²) in [6, 6.07) is 5.64. The minimum atomic E-state index is -3.70. The molecule has 0 amide bonds. The van der Waals surface area contributed by atoms with E-state index in [0.29, 0.717) is 5.02 Å². The molecular weight excluding hydrogens is 266 g/mol. The van der Waals surface area contributed by atoms with Crippen LogP contribution in [0.1, 0.15) is 6.92 Å². The topological polar surface area (TPSA) is 86.6 Å². The maximum absolute atomic E-state index is 11.8. The van der Waals surface area contributed by atoms with Crippen LogP contribution < -0.4 is 4.72 Å². The van der Waals surface area contributed by atoms with Crippen LogP contribution in [-0.4, -0.2) is 37.4 Å². The summed E-state index contributed by atoms with van der Waals surface area (Å²) in [4.78, 5) is 0.0515. The summed E-state index contributed by atoms with van der Waals surface area (Å²) >= 11 is 5.65. The Morgan fingerprint density at radius 2 is 1.88 bits per heavy atom. The van der Waals surface area contributed by atoms with Gasteiger partial charge < -0.3 is 10.2 Å². The Balaban J connectivity index is 2.79. The van der Waals surface area contributed by atoms with Crippen molar-refractivity contribution in [3.8, 4) is 0 Å². The van der Waals surface area contributed by atoms with E-state index >= 15 is 0 Å². The number of benzene rings is 1. The smallest absolute Gasteiger partial charge is 0.240 e. The molecule has 0 saturated heterocycles. The van der Waals surface area contributed by atoms with Crippen LogP contribution in [0.5, 0.6) is 0 Å². The number of rotatable bonds is 5. The van der Waals surface area contributed by atoms with Gasteiger partial charge in [0.05, 0.1) is 17.1 Å². The Hall–Kier alpha value is -0.660. The van der Waals surface area contributed by atoms with Crippen LogP contribution >= 0.6 is 11.6 Å². The van der Waals surface area contributed by atoms with Gasteiger partial charge in [-0.1, -0.05) is 11.6 Å². The van der Waals surface area contributed by atoms with Crippen molar-refractivity contribution in [1.82, 2.24) is 4.72 Å². The molecular formula is C10H14ClNO4S. The fraction of sp³-hybridized carbons (Fsp3) is 0.400. The van der Waals surface area contributed by atoms with Gasteiger partial charge in [0.25, 0.3) is 0 Å². The van der Waals surface area contributed by atoms with Crippen LogP contribution in [0.2, 0.25) is 5.02 Å². The molecule has 0 aromatic heterocycles. The predicted octanol–water partition coefficient (Wildman–Crippen LogP) is 0.362. The van der Waals surface area contributed by atoms with Gasteiger partial charge in [-0.15, -0.1) is 0 Å². The highest BCUT2D eigenvalue weighted by Gasteiger charge is 2.23. The molecule has 0 fully saturated rings. The SMILES string of the molecule is CC(O)(CO)CNS(=O)(=O)c1ccc(Cl)cc1. The lowest BCUT2D eigenvalue weighted by Gasteiger charge is -2.20. The highest BCUT2D eigenvalue weighted by Crippen LogP contribution is 2.14. The van der Waals surface area contributed by atoms with Crippen LogP contribution in [0.25, 0.3) is 0 Å². The van der Waals surface area contributed by atoms with Gasteiger partial charge in [-0.05, 0) is 31.2 Å². The third-order valence-electron chi connectivity index (χ3n) is 2.11. The van der Waals surface area contributed by atoms with Crippen LogP contribution in [0.3, 0.4) is 0 Å². The molecule has 1 unspecified atom stereocenters. The molecule has 17 heavy (non-hydrogen) atoms. The van der Waals surface area contributed by atoms with Crippen molar-refractivity contribution in [2.45, 2.75) is 17.4 Å². The van der Waals surface area contributed by atoms with E-state index in [0.717, 1.165) is 0 Å². The van der Waals surface area contributed by atoms with Gasteiger partial charge in [0.2, 0.25) is 10.0 Å². The molecule has 1 aromatic carbocycles. The monoisotopic (exact) mass is 279 g/mol. The van der Waals surface area contributed by atoms with Crippen molar-refractivity contribution in [2.24, 2.45) is 0 Å². The molecule has 3 N–H and O–H groups in total. The lowest BCUT2D eigenvalue weighted by atomic mass is 10.1. The third-order valence-corrected chi connectivity index (χ3v) is 3.78. The second-order valence-electron chi connectivity index (χ2n) is 3.93. The lowest BCUT2D eigenvalue weighted by molar-refractivity contribution is 0.00681. The first-order chi connectivity index (χ1) is 7.77. The standard InChI is InChI=1S/C10H14ClNO4S/c1-10(14,7-13)6-12-17(15,16)9-4-2-8(11)3-5-9/h2-5,12-14H,6-7H2,1H3. The van der Waals surface area contributed by atoms with Crippen LogP contribution in [0.15, 0.2) is 29.2 Å². The maximum atomic E-state index is 11.8. The molecule has 0 saturated carbocycles. The molecule has 0 heterocycles. The average molecular weight is 280 g/mol. The van der Waals surface area contributed by atoms with Gasteiger partial charge >= 0.3 is 0 Å². The molecule has 1 atom stereocenters. The highest BCUT2D eigenvalue weighted by molar-refractivity contribution is 7.89. The fourth-order valence-electron chi connectivity index (χ4n) is 1.00. The zero-order valence-corrected chi connectivity index (χ0v) is 10.8. The van der Waals surface area contributed by atoms with E-state index in [4.69, 9.17) is 16.7 Å². The lowest BCUT2D eigenvalue weighted by Crippen LogP contribution is -2.43. The largest absolute Gasteiger partial charge is 0.393 e. The number of nitrogens with one attached hydrogen (secondary N) is 1. The summed E-state index contributed by atoms with van der Waals surface area (Å²) in [5.74, 6) is 0. The molecule has 5 nitrogen and oxygen atoms in total. The third kappa shape index (κ3) is 4.25. The molecule has 7 heteroatoms. The Morgan fingerprint density at radius 1 is 1.35 bits per heavy atom. The number of aliphatic hydroxyl groups is 2. The number of sulfonamides is 1. The van der Waals surface area contributed by atoms with E-state index in [2.05, 4.69) is 4.72 Å². The first-order valence-electron chi connectivity index (χ1n) is 4.85. The Kier molecular flexibility index (Phi) is 4.51. The van der Waals surface area contributed by atoms with Crippen molar-refractivity contribution in [1.29, 1.82) is 0 Å². The number of halogens is 1. The minimum absolute atomic E-state index is 0.0515. The predicted molar refractivity (Wildman–Crippen MR) is 64.4 cm³/mol. The molecule has 0 aliphatic heterocycles. The van der Waals surface area contributed by atoms with Crippen LogP contribution in [0.4, 0.5) is 0 Å². The van der Waals surface area contributed by atoms with Gasteiger partial charge in [0.1, 0.15) is 0 Å². The summed E-state index contributed by atoms with van der Waals surface area (Å²) in [5.41, 5.74) is -1.49. The average Bonchev–Trinajstić information content (AvgIpc) is 2.27. The van der Waals surface area contributed by atoms with Gasteiger partial charge in [-0.3, -0.25) is 0 Å². The molecule has 96 valence electrons. The molecule has 0 aliphatic carbocycles. The van der Waals surface area contributed by atoms with E-state index in [9.17, 15) is 13.5 Å². The highest BCUT2D eigenvalue weighted by atomic mass is 35.5. The first kappa shape index (κ1) is 14.4. The molecule has 0 spiro atoms. The molecule has 0 aliphatic rings. The summed E-state index contributed by atoms with van der Waals surface area (Å²) in [6.45, 7) is 0.530. The quantitative estimate of drug-likeness (QED) is 0.726. The van der Waals surface area contributed by atoms with Crippen molar-refractivity contribution >= 4 is 21.6 Å². The van der Waals surface area contributed by atoms with E-state index in [1.165, 1.54) is 31.2 Å².